The molecular weight excluding hydrogens is 368 g/mol. The Morgan fingerprint density at radius 3 is 2.64 bits per heavy atom. The number of ether oxygens (including phenoxy) is 3. The SMILES string of the molecule is C=C1C(=O)OC2C1C(OC(=O)C1(C)OC1C)C1(O)OOC3(C)CC=CC1(C)C23. The molecule has 1 saturated carbocycles. The van der Waals surface area contributed by atoms with Crippen LogP contribution in [0, 0.1) is 17.3 Å². The van der Waals surface area contributed by atoms with Crippen LogP contribution >= 0.6 is 0 Å². The first kappa shape index (κ1) is 18.3. The van der Waals surface area contributed by atoms with Gasteiger partial charge in [-0.1, -0.05) is 25.7 Å². The van der Waals surface area contributed by atoms with E-state index in [0.29, 0.717) is 6.42 Å². The molecule has 0 radical (unpaired) electrons. The van der Waals surface area contributed by atoms with Gasteiger partial charge in [-0.3, -0.25) is 0 Å². The summed E-state index contributed by atoms with van der Waals surface area (Å²) in [5.41, 5.74) is -2.76. The van der Waals surface area contributed by atoms with Crippen molar-refractivity contribution < 1.29 is 38.7 Å². The van der Waals surface area contributed by atoms with Crippen molar-refractivity contribution in [2.45, 2.75) is 69.4 Å². The summed E-state index contributed by atoms with van der Waals surface area (Å²) in [6.45, 7) is 10.9. The van der Waals surface area contributed by atoms with E-state index in [2.05, 4.69) is 6.58 Å². The number of hydrogen-bond acceptors (Lipinski definition) is 8. The van der Waals surface area contributed by atoms with Crippen LogP contribution in [0.4, 0.5) is 0 Å². The fourth-order valence-electron chi connectivity index (χ4n) is 5.54. The van der Waals surface area contributed by atoms with Crippen LogP contribution in [0.1, 0.15) is 34.1 Å². The van der Waals surface area contributed by atoms with Crippen LogP contribution in [-0.2, 0) is 33.6 Å². The van der Waals surface area contributed by atoms with E-state index in [1.165, 1.54) is 0 Å². The zero-order chi connectivity index (χ0) is 20.3. The van der Waals surface area contributed by atoms with Crippen LogP contribution in [0.3, 0.4) is 0 Å². The molecule has 1 N–H and O–H groups in total. The second kappa shape index (κ2) is 5.05. The summed E-state index contributed by atoms with van der Waals surface area (Å²) in [5.74, 6) is -4.37. The van der Waals surface area contributed by atoms with E-state index >= 15 is 0 Å². The molecule has 9 unspecified atom stereocenters. The Kier molecular flexibility index (Phi) is 3.30. The van der Waals surface area contributed by atoms with Crippen LogP contribution in [0.5, 0.6) is 0 Å². The average molecular weight is 392 g/mol. The minimum Gasteiger partial charge on any atom is -0.458 e. The molecule has 0 spiro atoms. The third-order valence-corrected chi connectivity index (χ3v) is 7.50. The molecule has 0 aromatic rings. The van der Waals surface area contributed by atoms with Gasteiger partial charge in [0.25, 0.3) is 0 Å². The van der Waals surface area contributed by atoms with E-state index in [1.807, 2.05) is 19.1 Å². The lowest BCUT2D eigenvalue weighted by atomic mass is 9.50. The highest BCUT2D eigenvalue weighted by atomic mass is 17.2. The largest absolute Gasteiger partial charge is 0.458 e. The number of rotatable bonds is 2. The standard InChI is InChI=1S/C20H24O8/c1-9-11-12(24-15(9)21)13-17(3)7-6-8-18(13,4)27-28-20(17,23)14(11)25-16(22)19(5)10(2)26-19/h6-7,10-14,23H,1,8H2,2-5H3. The molecule has 2 aliphatic carbocycles. The molecule has 8 nitrogen and oxygen atoms in total. The second-order valence-corrected chi connectivity index (χ2v) is 9.16. The quantitative estimate of drug-likeness (QED) is 0.246. The Labute approximate surface area is 162 Å². The molecule has 0 aromatic carbocycles. The minimum absolute atomic E-state index is 0.153. The van der Waals surface area contributed by atoms with Crippen molar-refractivity contribution in [1.82, 2.24) is 0 Å². The summed E-state index contributed by atoms with van der Waals surface area (Å²) in [6, 6.07) is 0. The van der Waals surface area contributed by atoms with E-state index in [1.54, 1.807) is 20.8 Å². The number of epoxide rings is 1. The van der Waals surface area contributed by atoms with Gasteiger partial charge >= 0.3 is 11.9 Å². The van der Waals surface area contributed by atoms with Crippen LogP contribution in [-0.4, -0.2) is 52.3 Å². The summed E-state index contributed by atoms with van der Waals surface area (Å²) in [4.78, 5) is 36.4. The van der Waals surface area contributed by atoms with Crippen molar-refractivity contribution in [2.75, 3.05) is 0 Å². The second-order valence-electron chi connectivity index (χ2n) is 9.16. The van der Waals surface area contributed by atoms with Crippen molar-refractivity contribution in [3.8, 4) is 0 Å². The first-order valence-electron chi connectivity index (χ1n) is 9.53. The Morgan fingerprint density at radius 2 is 2.00 bits per heavy atom. The molecule has 28 heavy (non-hydrogen) atoms. The molecule has 3 aliphatic heterocycles. The Balaban J connectivity index is 1.63. The number of hydrogen-bond donors (Lipinski definition) is 1. The average Bonchev–Trinajstić information content (AvgIpc) is 3.14. The van der Waals surface area contributed by atoms with Gasteiger partial charge in [-0.15, -0.1) is 0 Å². The van der Waals surface area contributed by atoms with Gasteiger partial charge < -0.3 is 19.3 Å². The van der Waals surface area contributed by atoms with Crippen molar-refractivity contribution >= 4 is 11.9 Å². The molecular formula is C20H24O8. The van der Waals surface area contributed by atoms with Gasteiger partial charge in [-0.05, 0) is 27.2 Å². The van der Waals surface area contributed by atoms with Gasteiger partial charge in [-0.25, -0.2) is 14.5 Å². The number of carbonyl (C=O) groups is 2. The molecule has 4 fully saturated rings. The zero-order valence-electron chi connectivity index (χ0n) is 16.3. The van der Waals surface area contributed by atoms with Gasteiger partial charge in [0.1, 0.15) is 11.7 Å². The van der Waals surface area contributed by atoms with E-state index in [4.69, 9.17) is 24.0 Å². The molecule has 9 atom stereocenters. The lowest BCUT2D eigenvalue weighted by molar-refractivity contribution is -0.554. The van der Waals surface area contributed by atoms with Gasteiger partial charge in [0.2, 0.25) is 5.79 Å². The molecule has 0 aromatic heterocycles. The van der Waals surface area contributed by atoms with Crippen LogP contribution in [0.2, 0.25) is 0 Å². The maximum Gasteiger partial charge on any atom is 0.341 e. The van der Waals surface area contributed by atoms with Crippen LogP contribution in [0.15, 0.2) is 24.3 Å². The Bertz CT molecular complexity index is 836. The van der Waals surface area contributed by atoms with E-state index in [0.717, 1.165) is 0 Å². The highest BCUT2D eigenvalue weighted by molar-refractivity contribution is 5.91. The van der Waals surface area contributed by atoms with E-state index < -0.39 is 58.4 Å². The Morgan fingerprint density at radius 1 is 1.32 bits per heavy atom. The Hall–Kier alpha value is -1.74. The molecule has 5 rings (SSSR count). The van der Waals surface area contributed by atoms with Gasteiger partial charge in [-0.2, -0.15) is 4.89 Å². The van der Waals surface area contributed by atoms with Gasteiger partial charge in [0.05, 0.1) is 17.4 Å². The topological polar surface area (TPSA) is 104 Å². The van der Waals surface area contributed by atoms with Gasteiger partial charge in [0.15, 0.2) is 11.7 Å². The van der Waals surface area contributed by atoms with Crippen molar-refractivity contribution in [1.29, 1.82) is 0 Å². The molecule has 0 amide bonds. The summed E-state index contributed by atoms with van der Waals surface area (Å²) < 4.78 is 16.8. The monoisotopic (exact) mass is 392 g/mol. The number of esters is 2. The number of carbonyl (C=O) groups excluding carboxylic acids is 2. The third kappa shape index (κ3) is 1.89. The normalized spacial score (nSPS) is 56.1. The predicted molar refractivity (Wildman–Crippen MR) is 92.2 cm³/mol. The summed E-state index contributed by atoms with van der Waals surface area (Å²) in [6.07, 6.45) is 2.07. The first-order chi connectivity index (χ1) is 13.0. The minimum atomic E-state index is -2.02. The molecule has 3 saturated heterocycles. The van der Waals surface area contributed by atoms with Crippen LogP contribution in [0.25, 0.3) is 0 Å². The number of fused-ring (bicyclic) bond motifs is 1. The van der Waals surface area contributed by atoms with E-state index in [-0.39, 0.29) is 11.7 Å². The van der Waals surface area contributed by atoms with Crippen molar-refractivity contribution in [3.05, 3.63) is 24.3 Å². The lowest BCUT2D eigenvalue weighted by Gasteiger charge is -2.64. The summed E-state index contributed by atoms with van der Waals surface area (Å²) >= 11 is 0. The molecule has 8 heteroatoms. The maximum atomic E-state index is 12.8. The number of aliphatic hydroxyl groups is 1. The van der Waals surface area contributed by atoms with E-state index in [9.17, 15) is 14.7 Å². The highest BCUT2D eigenvalue weighted by Crippen LogP contribution is 2.65. The zero-order valence-corrected chi connectivity index (χ0v) is 16.3. The van der Waals surface area contributed by atoms with Crippen molar-refractivity contribution in [2.24, 2.45) is 17.3 Å². The van der Waals surface area contributed by atoms with Gasteiger partial charge in [0, 0.05) is 11.5 Å². The highest BCUT2D eigenvalue weighted by Gasteiger charge is 2.78. The summed E-state index contributed by atoms with van der Waals surface area (Å²) in [7, 11) is 0. The molecule has 5 aliphatic rings. The molecule has 152 valence electrons. The van der Waals surface area contributed by atoms with Crippen LogP contribution < -0.4 is 0 Å². The summed E-state index contributed by atoms with van der Waals surface area (Å²) in [5, 5.41) is 11.7. The smallest absolute Gasteiger partial charge is 0.341 e. The molecule has 4 bridgehead atoms. The fourth-order valence-corrected chi connectivity index (χ4v) is 5.54. The predicted octanol–water partition coefficient (Wildman–Crippen LogP) is 1.18. The third-order valence-electron chi connectivity index (χ3n) is 7.50. The maximum absolute atomic E-state index is 12.8. The fraction of sp³-hybridized carbons (Fsp3) is 0.700. The first-order valence-corrected chi connectivity index (χ1v) is 9.53. The van der Waals surface area contributed by atoms with Crippen molar-refractivity contribution in [3.63, 3.8) is 0 Å². The lowest BCUT2D eigenvalue weighted by Crippen LogP contribution is -2.77. The molecule has 3 heterocycles.